The quantitative estimate of drug-likeness (QED) is 0.680. The van der Waals surface area contributed by atoms with Crippen molar-refractivity contribution in [3.05, 3.63) is 28.2 Å². The van der Waals surface area contributed by atoms with Crippen molar-refractivity contribution in [2.24, 2.45) is 0 Å². The van der Waals surface area contributed by atoms with Gasteiger partial charge in [0.2, 0.25) is 0 Å². The molecule has 0 spiro atoms. The predicted octanol–water partition coefficient (Wildman–Crippen LogP) is 5.50. The summed E-state index contributed by atoms with van der Waals surface area (Å²) in [5.74, 6) is 0.831. The highest BCUT2D eigenvalue weighted by molar-refractivity contribution is 9.10. The molecule has 1 N–H and O–H groups in total. The molecule has 0 heterocycles. The summed E-state index contributed by atoms with van der Waals surface area (Å²) in [5.41, 5.74) is 2.40. The molecule has 0 bridgehead atoms. The molecule has 0 saturated heterocycles. The van der Waals surface area contributed by atoms with Gasteiger partial charge in [-0.2, -0.15) is 0 Å². The lowest BCUT2D eigenvalue weighted by Crippen LogP contribution is -2.51. The SMILES string of the molecule is CC(C)[Si](Oc1c(Br)cccc1CO)(C(C)C)C(C)C. The fraction of sp³-hybridized carbons (Fsp3) is 0.625. The van der Waals surface area contributed by atoms with E-state index >= 15 is 0 Å². The molecule has 1 rings (SSSR count). The van der Waals surface area contributed by atoms with Crippen molar-refractivity contribution in [2.75, 3.05) is 0 Å². The van der Waals surface area contributed by atoms with Gasteiger partial charge in [-0.1, -0.05) is 53.7 Å². The zero-order valence-electron chi connectivity index (χ0n) is 13.4. The Morgan fingerprint density at radius 3 is 1.95 bits per heavy atom. The summed E-state index contributed by atoms with van der Waals surface area (Å²) in [6.07, 6.45) is 0. The van der Waals surface area contributed by atoms with Crippen LogP contribution in [0.2, 0.25) is 16.6 Å². The number of aliphatic hydroxyl groups excluding tert-OH is 1. The van der Waals surface area contributed by atoms with Crippen LogP contribution in [0.3, 0.4) is 0 Å². The molecule has 2 nitrogen and oxygen atoms in total. The van der Waals surface area contributed by atoms with Gasteiger partial charge in [0, 0.05) is 5.56 Å². The van der Waals surface area contributed by atoms with Crippen LogP contribution in [0.5, 0.6) is 5.75 Å². The van der Waals surface area contributed by atoms with E-state index in [-0.39, 0.29) is 6.61 Å². The van der Waals surface area contributed by atoms with Crippen LogP contribution in [0.4, 0.5) is 0 Å². The molecule has 20 heavy (non-hydrogen) atoms. The molecule has 114 valence electrons. The molecular weight excluding hydrogens is 332 g/mol. The van der Waals surface area contributed by atoms with E-state index in [0.717, 1.165) is 15.8 Å². The number of benzene rings is 1. The number of hydrogen-bond acceptors (Lipinski definition) is 2. The van der Waals surface area contributed by atoms with Crippen LogP contribution in [-0.4, -0.2) is 13.4 Å². The lowest BCUT2D eigenvalue weighted by atomic mass is 10.2. The number of para-hydroxylation sites is 1. The second-order valence-corrected chi connectivity index (χ2v) is 12.5. The van der Waals surface area contributed by atoms with Crippen LogP contribution in [0.1, 0.15) is 47.1 Å². The monoisotopic (exact) mass is 358 g/mol. The Balaban J connectivity index is 3.34. The molecule has 1 aromatic rings. The molecule has 0 amide bonds. The van der Waals surface area contributed by atoms with E-state index in [4.69, 9.17) is 4.43 Å². The lowest BCUT2D eigenvalue weighted by Gasteiger charge is -2.42. The molecule has 4 heteroatoms. The molecular formula is C16H27BrO2Si. The molecule has 0 unspecified atom stereocenters. The minimum atomic E-state index is -1.99. The van der Waals surface area contributed by atoms with Crippen molar-refractivity contribution in [3.63, 3.8) is 0 Å². The van der Waals surface area contributed by atoms with Crippen LogP contribution in [0, 0.1) is 0 Å². The molecule has 0 aliphatic heterocycles. The van der Waals surface area contributed by atoms with Gasteiger partial charge in [0.25, 0.3) is 8.32 Å². The Morgan fingerprint density at radius 1 is 1.05 bits per heavy atom. The summed E-state index contributed by atoms with van der Waals surface area (Å²) in [7, 11) is -1.99. The summed E-state index contributed by atoms with van der Waals surface area (Å²) in [6, 6.07) is 5.85. The number of aliphatic hydroxyl groups is 1. The zero-order chi connectivity index (χ0) is 15.5. The van der Waals surface area contributed by atoms with Crippen molar-refractivity contribution in [1.82, 2.24) is 0 Å². The maximum atomic E-state index is 9.57. The van der Waals surface area contributed by atoms with Gasteiger partial charge in [-0.25, -0.2) is 0 Å². The van der Waals surface area contributed by atoms with Gasteiger partial charge < -0.3 is 9.53 Å². The number of hydrogen-bond donors (Lipinski definition) is 1. The highest BCUT2D eigenvalue weighted by atomic mass is 79.9. The van der Waals surface area contributed by atoms with Gasteiger partial charge in [-0.05, 0) is 38.6 Å². The molecule has 0 aliphatic carbocycles. The van der Waals surface area contributed by atoms with Crippen LogP contribution < -0.4 is 4.43 Å². The summed E-state index contributed by atoms with van der Waals surface area (Å²) in [6.45, 7) is 13.6. The first-order valence-corrected chi connectivity index (χ1v) is 10.3. The third kappa shape index (κ3) is 3.29. The molecule has 0 saturated carbocycles. The van der Waals surface area contributed by atoms with E-state index in [0.29, 0.717) is 16.6 Å². The highest BCUT2D eigenvalue weighted by Gasteiger charge is 2.47. The molecule has 0 radical (unpaired) electrons. The Morgan fingerprint density at radius 2 is 1.55 bits per heavy atom. The smallest absolute Gasteiger partial charge is 0.258 e. The van der Waals surface area contributed by atoms with E-state index in [1.165, 1.54) is 0 Å². The van der Waals surface area contributed by atoms with E-state index < -0.39 is 8.32 Å². The fourth-order valence-corrected chi connectivity index (χ4v) is 9.26. The predicted molar refractivity (Wildman–Crippen MR) is 91.7 cm³/mol. The largest absolute Gasteiger partial charge is 0.542 e. The highest BCUT2D eigenvalue weighted by Crippen LogP contribution is 2.45. The Labute approximate surface area is 132 Å². The summed E-state index contributed by atoms with van der Waals surface area (Å²) in [5, 5.41) is 9.57. The van der Waals surface area contributed by atoms with Crippen molar-refractivity contribution in [2.45, 2.75) is 64.8 Å². The Hall–Kier alpha value is -0.323. The van der Waals surface area contributed by atoms with Gasteiger partial charge in [0.1, 0.15) is 5.75 Å². The molecule has 1 aromatic carbocycles. The van der Waals surface area contributed by atoms with Crippen LogP contribution in [-0.2, 0) is 6.61 Å². The van der Waals surface area contributed by atoms with E-state index in [1.54, 1.807) is 0 Å². The van der Waals surface area contributed by atoms with Crippen LogP contribution in [0.15, 0.2) is 22.7 Å². The lowest BCUT2D eigenvalue weighted by molar-refractivity contribution is 0.277. The number of rotatable bonds is 6. The maximum Gasteiger partial charge on any atom is 0.258 e. The molecule has 0 atom stereocenters. The maximum absolute atomic E-state index is 9.57. The van der Waals surface area contributed by atoms with E-state index in [2.05, 4.69) is 57.5 Å². The number of halogens is 1. The van der Waals surface area contributed by atoms with Gasteiger partial charge in [-0.15, -0.1) is 0 Å². The van der Waals surface area contributed by atoms with Gasteiger partial charge >= 0.3 is 0 Å². The average molecular weight is 359 g/mol. The third-order valence-electron chi connectivity index (χ3n) is 4.20. The zero-order valence-corrected chi connectivity index (χ0v) is 16.0. The normalized spacial score (nSPS) is 12.6. The Bertz CT molecular complexity index is 422. The molecule has 0 aliphatic rings. The standard InChI is InChI=1S/C16H27BrO2Si/c1-11(2)20(12(3)4,13(5)6)19-16-14(10-18)8-7-9-15(16)17/h7-9,11-13,18H,10H2,1-6H3. The first-order valence-electron chi connectivity index (χ1n) is 7.34. The Kier molecular flexibility index (Phi) is 6.29. The van der Waals surface area contributed by atoms with E-state index in [1.807, 2.05) is 18.2 Å². The van der Waals surface area contributed by atoms with Crippen molar-refractivity contribution >= 4 is 24.2 Å². The van der Waals surface area contributed by atoms with E-state index in [9.17, 15) is 5.11 Å². The topological polar surface area (TPSA) is 29.5 Å². The fourth-order valence-electron chi connectivity index (χ4n) is 3.32. The van der Waals surface area contributed by atoms with Gasteiger partial charge in [-0.3, -0.25) is 0 Å². The van der Waals surface area contributed by atoms with Crippen LogP contribution >= 0.6 is 15.9 Å². The minimum absolute atomic E-state index is 0.00748. The second-order valence-electron chi connectivity index (χ2n) is 6.31. The first kappa shape index (κ1) is 17.7. The minimum Gasteiger partial charge on any atom is -0.542 e. The van der Waals surface area contributed by atoms with Crippen molar-refractivity contribution < 1.29 is 9.53 Å². The third-order valence-corrected chi connectivity index (χ3v) is 10.8. The average Bonchev–Trinajstić information content (AvgIpc) is 2.35. The molecule has 0 fully saturated rings. The van der Waals surface area contributed by atoms with Crippen molar-refractivity contribution in [1.29, 1.82) is 0 Å². The summed E-state index contributed by atoms with van der Waals surface area (Å²) in [4.78, 5) is 0. The van der Waals surface area contributed by atoms with Crippen molar-refractivity contribution in [3.8, 4) is 5.75 Å². The van der Waals surface area contributed by atoms with Gasteiger partial charge in [0.15, 0.2) is 0 Å². The first-order chi connectivity index (χ1) is 9.27. The summed E-state index contributed by atoms with van der Waals surface area (Å²) < 4.78 is 7.60. The summed E-state index contributed by atoms with van der Waals surface area (Å²) >= 11 is 3.57. The second kappa shape index (κ2) is 7.10. The van der Waals surface area contributed by atoms with Gasteiger partial charge in [0.05, 0.1) is 11.1 Å². The van der Waals surface area contributed by atoms with Crippen LogP contribution in [0.25, 0.3) is 0 Å². The molecule has 0 aromatic heterocycles.